The predicted molar refractivity (Wildman–Crippen MR) is 53.4 cm³/mol. The van der Waals surface area contributed by atoms with Gasteiger partial charge in [0, 0.05) is 6.42 Å². The van der Waals surface area contributed by atoms with E-state index in [4.69, 9.17) is 0 Å². The Morgan fingerprint density at radius 2 is 2.08 bits per heavy atom. The average Bonchev–Trinajstić information content (AvgIpc) is 2.58. The van der Waals surface area contributed by atoms with Crippen LogP contribution in [0.3, 0.4) is 0 Å². The number of ketones is 1. The van der Waals surface area contributed by atoms with Crippen LogP contribution in [-0.2, 0) is 4.79 Å². The number of allylic oxidation sites excluding steroid dienone is 1. The molecule has 13 heavy (non-hydrogen) atoms. The van der Waals surface area contributed by atoms with Gasteiger partial charge in [0.2, 0.25) is 0 Å². The minimum Gasteiger partial charge on any atom is -0.299 e. The quantitative estimate of drug-likeness (QED) is 0.594. The maximum absolute atomic E-state index is 11.7. The molecule has 0 aromatic carbocycles. The number of hydrogen-bond acceptors (Lipinski definition) is 1. The van der Waals surface area contributed by atoms with Gasteiger partial charge in [-0.2, -0.15) is 0 Å². The van der Waals surface area contributed by atoms with Crippen LogP contribution in [0.1, 0.15) is 45.4 Å². The van der Waals surface area contributed by atoms with E-state index in [1.165, 1.54) is 25.7 Å². The lowest BCUT2D eigenvalue weighted by atomic mass is 9.46. The fraction of sp³-hybridized carbons (Fsp3) is 0.750. The molecule has 0 aromatic rings. The number of carbonyl (C=O) groups excluding carboxylic acids is 1. The summed E-state index contributed by atoms with van der Waals surface area (Å²) >= 11 is 0. The average molecular weight is 178 g/mol. The Morgan fingerprint density at radius 1 is 1.46 bits per heavy atom. The summed E-state index contributed by atoms with van der Waals surface area (Å²) in [7, 11) is 0. The van der Waals surface area contributed by atoms with Gasteiger partial charge in [-0.1, -0.05) is 25.8 Å². The summed E-state index contributed by atoms with van der Waals surface area (Å²) < 4.78 is 0. The van der Waals surface area contributed by atoms with Crippen LogP contribution in [0.25, 0.3) is 0 Å². The van der Waals surface area contributed by atoms with Crippen LogP contribution in [-0.4, -0.2) is 5.78 Å². The second-order valence-electron chi connectivity index (χ2n) is 4.62. The number of rotatable bonds is 2. The van der Waals surface area contributed by atoms with E-state index < -0.39 is 0 Å². The van der Waals surface area contributed by atoms with E-state index in [1.54, 1.807) is 0 Å². The topological polar surface area (TPSA) is 17.1 Å². The first-order valence-electron chi connectivity index (χ1n) is 5.38. The summed E-state index contributed by atoms with van der Waals surface area (Å²) in [5.74, 6) is 0.437. The third-order valence-corrected chi connectivity index (χ3v) is 4.41. The molecule has 2 rings (SSSR count). The molecule has 2 fully saturated rings. The molecule has 0 unspecified atom stereocenters. The largest absolute Gasteiger partial charge is 0.299 e. The molecule has 2 saturated carbocycles. The summed E-state index contributed by atoms with van der Waals surface area (Å²) in [6.45, 7) is 6.00. The van der Waals surface area contributed by atoms with E-state index >= 15 is 0 Å². The standard InChI is InChI=1S/C12H18O/c1-3-12(4-2)10(13)9-11(12)7-5-6-8-11/h3H,1,4-9H2,2H3/t12-/m1/s1. The smallest absolute Gasteiger partial charge is 0.143 e. The van der Waals surface area contributed by atoms with Gasteiger partial charge in [-0.15, -0.1) is 6.58 Å². The van der Waals surface area contributed by atoms with Crippen molar-refractivity contribution >= 4 is 5.78 Å². The lowest BCUT2D eigenvalue weighted by Gasteiger charge is -2.55. The molecule has 1 atom stereocenters. The lowest BCUT2D eigenvalue weighted by molar-refractivity contribution is -0.153. The van der Waals surface area contributed by atoms with Crippen LogP contribution in [0.2, 0.25) is 0 Å². The Morgan fingerprint density at radius 3 is 2.46 bits per heavy atom. The lowest BCUT2D eigenvalue weighted by Crippen LogP contribution is -2.56. The maximum Gasteiger partial charge on any atom is 0.143 e. The van der Waals surface area contributed by atoms with Crippen LogP contribution in [0.5, 0.6) is 0 Å². The van der Waals surface area contributed by atoms with E-state index in [-0.39, 0.29) is 5.41 Å². The van der Waals surface area contributed by atoms with Gasteiger partial charge in [-0.05, 0) is 24.7 Å². The van der Waals surface area contributed by atoms with Gasteiger partial charge in [0.15, 0.2) is 0 Å². The first kappa shape index (κ1) is 8.98. The summed E-state index contributed by atoms with van der Waals surface area (Å²) in [4.78, 5) is 11.7. The number of Topliss-reactive ketones (excluding diaryl/α,β-unsaturated/α-hetero) is 1. The molecule has 72 valence electrons. The van der Waals surface area contributed by atoms with Gasteiger partial charge in [0.1, 0.15) is 5.78 Å². The molecule has 0 N–H and O–H groups in total. The van der Waals surface area contributed by atoms with Crippen molar-refractivity contribution in [2.24, 2.45) is 10.8 Å². The number of hydrogen-bond donors (Lipinski definition) is 0. The fourth-order valence-electron chi connectivity index (χ4n) is 3.53. The maximum atomic E-state index is 11.7. The Bertz CT molecular complexity index is 248. The van der Waals surface area contributed by atoms with Gasteiger partial charge in [0.05, 0.1) is 5.41 Å². The van der Waals surface area contributed by atoms with Gasteiger partial charge >= 0.3 is 0 Å². The Kier molecular flexibility index (Phi) is 1.86. The predicted octanol–water partition coefficient (Wildman–Crippen LogP) is 3.10. The van der Waals surface area contributed by atoms with Crippen molar-refractivity contribution in [1.82, 2.24) is 0 Å². The van der Waals surface area contributed by atoms with Crippen LogP contribution >= 0.6 is 0 Å². The van der Waals surface area contributed by atoms with Crippen molar-refractivity contribution in [2.45, 2.75) is 45.4 Å². The molecule has 1 heteroatoms. The molecule has 0 saturated heterocycles. The Balaban J connectivity index is 2.32. The van der Waals surface area contributed by atoms with E-state index in [9.17, 15) is 4.79 Å². The van der Waals surface area contributed by atoms with E-state index in [0.717, 1.165) is 12.8 Å². The summed E-state index contributed by atoms with van der Waals surface area (Å²) in [6, 6.07) is 0. The fourth-order valence-corrected chi connectivity index (χ4v) is 3.53. The molecule has 0 heterocycles. The molecule has 2 aliphatic carbocycles. The monoisotopic (exact) mass is 178 g/mol. The SMILES string of the molecule is C=C[C@@]1(CC)C(=O)CC12CCCC2. The molecule has 2 aliphatic rings. The first-order chi connectivity index (χ1) is 6.21. The molecular weight excluding hydrogens is 160 g/mol. The second-order valence-corrected chi connectivity index (χ2v) is 4.62. The minimum absolute atomic E-state index is 0.135. The normalized spacial score (nSPS) is 36.2. The van der Waals surface area contributed by atoms with Crippen molar-refractivity contribution in [3.8, 4) is 0 Å². The highest BCUT2D eigenvalue weighted by atomic mass is 16.1. The van der Waals surface area contributed by atoms with Crippen molar-refractivity contribution in [1.29, 1.82) is 0 Å². The third kappa shape index (κ3) is 0.853. The summed E-state index contributed by atoms with van der Waals surface area (Å²) in [6.07, 6.45) is 8.83. The Labute approximate surface area is 80.2 Å². The minimum atomic E-state index is -0.135. The highest BCUT2D eigenvalue weighted by Crippen LogP contribution is 2.64. The third-order valence-electron chi connectivity index (χ3n) is 4.41. The molecule has 0 aromatic heterocycles. The van der Waals surface area contributed by atoms with Crippen LogP contribution in [0, 0.1) is 10.8 Å². The zero-order valence-electron chi connectivity index (χ0n) is 8.44. The van der Waals surface area contributed by atoms with E-state index in [1.807, 2.05) is 6.08 Å². The first-order valence-corrected chi connectivity index (χ1v) is 5.38. The molecule has 1 nitrogen and oxygen atoms in total. The molecule has 0 bridgehead atoms. The molecule has 1 spiro atoms. The second kappa shape index (κ2) is 2.70. The van der Waals surface area contributed by atoms with Crippen LogP contribution in [0.15, 0.2) is 12.7 Å². The van der Waals surface area contributed by atoms with Crippen molar-refractivity contribution in [3.63, 3.8) is 0 Å². The van der Waals surface area contributed by atoms with Crippen molar-refractivity contribution in [2.75, 3.05) is 0 Å². The van der Waals surface area contributed by atoms with E-state index in [0.29, 0.717) is 11.2 Å². The number of carbonyl (C=O) groups is 1. The molecular formula is C12H18O. The molecule has 0 radical (unpaired) electrons. The van der Waals surface area contributed by atoms with Crippen LogP contribution < -0.4 is 0 Å². The molecule has 0 amide bonds. The Hall–Kier alpha value is -0.590. The highest BCUT2D eigenvalue weighted by molar-refractivity contribution is 5.95. The van der Waals surface area contributed by atoms with Crippen molar-refractivity contribution < 1.29 is 4.79 Å². The van der Waals surface area contributed by atoms with Gasteiger partial charge in [0.25, 0.3) is 0 Å². The zero-order valence-corrected chi connectivity index (χ0v) is 8.44. The summed E-state index contributed by atoms with van der Waals surface area (Å²) in [5.41, 5.74) is 0.198. The van der Waals surface area contributed by atoms with Gasteiger partial charge in [-0.3, -0.25) is 4.79 Å². The van der Waals surface area contributed by atoms with Crippen molar-refractivity contribution in [3.05, 3.63) is 12.7 Å². The zero-order chi connectivity index (χ0) is 9.53. The highest BCUT2D eigenvalue weighted by Gasteiger charge is 2.62. The van der Waals surface area contributed by atoms with Crippen LogP contribution in [0.4, 0.5) is 0 Å². The molecule has 0 aliphatic heterocycles. The summed E-state index contributed by atoms with van der Waals surface area (Å²) in [5, 5.41) is 0. The van der Waals surface area contributed by atoms with Gasteiger partial charge in [-0.25, -0.2) is 0 Å². The van der Waals surface area contributed by atoms with Gasteiger partial charge < -0.3 is 0 Å². The van der Waals surface area contributed by atoms with E-state index in [2.05, 4.69) is 13.5 Å².